The summed E-state index contributed by atoms with van der Waals surface area (Å²) in [6, 6.07) is 11.9. The summed E-state index contributed by atoms with van der Waals surface area (Å²) < 4.78 is 81.7. The Labute approximate surface area is 183 Å². The third kappa shape index (κ3) is 3.73. The summed E-state index contributed by atoms with van der Waals surface area (Å²) in [6.45, 7) is 0.328. The zero-order chi connectivity index (χ0) is 23.1. The van der Waals surface area contributed by atoms with Crippen LogP contribution in [-0.4, -0.2) is 38.1 Å². The Kier molecular flexibility index (Phi) is 5.68. The Hall–Kier alpha value is -2.98. The Morgan fingerprint density at radius 2 is 1.66 bits per heavy atom. The molecule has 0 N–H and O–H groups in total. The summed E-state index contributed by atoms with van der Waals surface area (Å²) in [6.07, 6.45) is -2.99. The van der Waals surface area contributed by atoms with E-state index in [-0.39, 0.29) is 6.54 Å². The minimum atomic E-state index is -4.81. The van der Waals surface area contributed by atoms with Crippen LogP contribution in [0.5, 0.6) is 11.5 Å². The first-order valence-corrected chi connectivity index (χ1v) is 11.2. The van der Waals surface area contributed by atoms with Crippen molar-refractivity contribution in [1.29, 1.82) is 0 Å². The lowest BCUT2D eigenvalue weighted by Gasteiger charge is -2.37. The number of nitrogens with zero attached hydrogens (tertiary/aromatic N) is 2. The lowest BCUT2D eigenvalue weighted by Crippen LogP contribution is -2.42. The second-order valence-corrected chi connectivity index (χ2v) is 9.11. The van der Waals surface area contributed by atoms with Crippen molar-refractivity contribution in [2.24, 2.45) is 0 Å². The largest absolute Gasteiger partial charge is 0.493 e. The highest BCUT2D eigenvalue weighted by atomic mass is 32.2. The lowest BCUT2D eigenvalue weighted by atomic mass is 10.0. The number of aromatic nitrogens is 1. The minimum absolute atomic E-state index is 0.00914. The van der Waals surface area contributed by atoms with E-state index in [1.54, 1.807) is 30.3 Å². The van der Waals surface area contributed by atoms with Gasteiger partial charge in [-0.05, 0) is 42.0 Å². The summed E-state index contributed by atoms with van der Waals surface area (Å²) in [4.78, 5) is -0.766. The van der Waals surface area contributed by atoms with Gasteiger partial charge in [0, 0.05) is 25.0 Å². The van der Waals surface area contributed by atoms with Gasteiger partial charge in [-0.2, -0.15) is 17.5 Å². The molecule has 0 unspecified atom stereocenters. The van der Waals surface area contributed by atoms with E-state index in [0.29, 0.717) is 29.3 Å². The highest BCUT2D eigenvalue weighted by Crippen LogP contribution is 2.42. The minimum Gasteiger partial charge on any atom is -0.493 e. The first-order chi connectivity index (χ1) is 15.2. The number of sulfonamides is 1. The van der Waals surface area contributed by atoms with Crippen molar-refractivity contribution in [3.8, 4) is 11.5 Å². The Bertz CT molecular complexity index is 1240. The van der Waals surface area contributed by atoms with Crippen molar-refractivity contribution in [1.82, 2.24) is 8.87 Å². The van der Waals surface area contributed by atoms with Gasteiger partial charge in [0.25, 0.3) is 0 Å². The van der Waals surface area contributed by atoms with Crippen LogP contribution in [0.25, 0.3) is 0 Å². The van der Waals surface area contributed by atoms with Crippen LogP contribution in [0.3, 0.4) is 0 Å². The Morgan fingerprint density at radius 1 is 0.938 bits per heavy atom. The van der Waals surface area contributed by atoms with Gasteiger partial charge in [-0.25, -0.2) is 8.42 Å². The van der Waals surface area contributed by atoms with E-state index in [0.717, 1.165) is 16.4 Å². The van der Waals surface area contributed by atoms with Crippen molar-refractivity contribution in [3.63, 3.8) is 0 Å². The van der Waals surface area contributed by atoms with Crippen molar-refractivity contribution >= 4 is 10.0 Å². The molecule has 4 rings (SSSR count). The number of rotatable bonds is 5. The number of hydrogen-bond acceptors (Lipinski definition) is 4. The molecular formula is C22H21F3N2O4S. The number of methoxy groups -OCH3 is 2. The fraction of sp³-hybridized carbons (Fsp3) is 0.273. The molecule has 1 atom stereocenters. The number of ether oxygens (including phenoxy) is 2. The third-order valence-electron chi connectivity index (χ3n) is 5.50. The van der Waals surface area contributed by atoms with E-state index in [9.17, 15) is 21.6 Å². The number of hydrogen-bond donors (Lipinski definition) is 0. The van der Waals surface area contributed by atoms with E-state index >= 15 is 0 Å². The molecule has 0 aliphatic carbocycles. The highest BCUT2D eigenvalue weighted by Gasteiger charge is 2.43. The molecule has 2 heterocycles. The van der Waals surface area contributed by atoms with Gasteiger partial charge in [-0.1, -0.05) is 18.2 Å². The normalized spacial score (nSPS) is 17.1. The van der Waals surface area contributed by atoms with Crippen LogP contribution in [0.15, 0.2) is 65.7 Å². The monoisotopic (exact) mass is 466 g/mol. The molecule has 0 amide bonds. The molecule has 0 spiro atoms. The molecule has 0 saturated carbocycles. The maximum atomic E-state index is 13.6. The quantitative estimate of drug-likeness (QED) is 0.562. The lowest BCUT2D eigenvalue weighted by molar-refractivity contribution is -0.139. The van der Waals surface area contributed by atoms with E-state index < -0.39 is 32.7 Å². The first kappa shape index (κ1) is 22.2. The zero-order valence-corrected chi connectivity index (χ0v) is 18.2. The molecule has 0 bridgehead atoms. The fourth-order valence-electron chi connectivity index (χ4n) is 4.03. The average Bonchev–Trinajstić information content (AvgIpc) is 3.26. The van der Waals surface area contributed by atoms with Gasteiger partial charge < -0.3 is 14.0 Å². The summed E-state index contributed by atoms with van der Waals surface area (Å²) in [5.41, 5.74) is 0.0129. The summed E-state index contributed by atoms with van der Waals surface area (Å²) >= 11 is 0. The van der Waals surface area contributed by atoms with Crippen LogP contribution >= 0.6 is 0 Å². The molecule has 1 aliphatic rings. The van der Waals surface area contributed by atoms with E-state index in [1.165, 1.54) is 26.4 Å². The Morgan fingerprint density at radius 3 is 2.34 bits per heavy atom. The van der Waals surface area contributed by atoms with Crippen molar-refractivity contribution < 1.29 is 31.1 Å². The van der Waals surface area contributed by atoms with E-state index in [1.807, 2.05) is 10.8 Å². The number of benzene rings is 2. The number of alkyl halides is 3. The van der Waals surface area contributed by atoms with Gasteiger partial charge in [0.2, 0.25) is 10.0 Å². The van der Waals surface area contributed by atoms with E-state index in [2.05, 4.69) is 0 Å². The molecule has 1 aromatic heterocycles. The number of halogens is 3. The van der Waals surface area contributed by atoms with Gasteiger partial charge >= 0.3 is 6.18 Å². The highest BCUT2D eigenvalue weighted by molar-refractivity contribution is 7.89. The Balaban J connectivity index is 1.89. The predicted molar refractivity (Wildman–Crippen MR) is 111 cm³/mol. The van der Waals surface area contributed by atoms with Crippen LogP contribution in [-0.2, 0) is 22.7 Å². The fourth-order valence-corrected chi connectivity index (χ4v) is 5.83. The van der Waals surface area contributed by atoms with Crippen LogP contribution in [0.1, 0.15) is 22.9 Å². The predicted octanol–water partition coefficient (Wildman–Crippen LogP) is 4.32. The molecule has 0 fully saturated rings. The standard InChI is InChI=1S/C22H21F3N2O4S/c1-30-18-10-9-15(14-19(18)31-2)21-17-7-5-11-26(17)12-13-27(21)32(28,29)20-8-4-3-6-16(20)22(23,24)25/h3-11,14,21H,12-13H2,1-2H3/t21-/m0/s1. The maximum absolute atomic E-state index is 13.6. The molecule has 1 aliphatic heterocycles. The van der Waals surface area contributed by atoms with E-state index in [4.69, 9.17) is 9.47 Å². The summed E-state index contributed by atoms with van der Waals surface area (Å²) in [5.74, 6) is 0.848. The summed E-state index contributed by atoms with van der Waals surface area (Å²) in [7, 11) is -1.56. The van der Waals surface area contributed by atoms with Gasteiger partial charge in [0.05, 0.1) is 30.7 Å². The van der Waals surface area contributed by atoms with Gasteiger partial charge in [0.15, 0.2) is 11.5 Å². The molecule has 6 nitrogen and oxygen atoms in total. The first-order valence-electron chi connectivity index (χ1n) is 9.73. The van der Waals surface area contributed by atoms with Gasteiger partial charge in [-0.15, -0.1) is 0 Å². The maximum Gasteiger partial charge on any atom is 0.417 e. The van der Waals surface area contributed by atoms with Gasteiger partial charge in [0.1, 0.15) is 0 Å². The topological polar surface area (TPSA) is 60.8 Å². The summed E-state index contributed by atoms with van der Waals surface area (Å²) in [5, 5.41) is 0. The van der Waals surface area contributed by atoms with Crippen molar-refractivity contribution in [2.75, 3.05) is 20.8 Å². The SMILES string of the molecule is COc1ccc([C@H]2c3cccn3CCN2S(=O)(=O)c2ccccc2C(F)(F)F)cc1OC. The molecule has 0 radical (unpaired) electrons. The smallest absolute Gasteiger partial charge is 0.417 e. The van der Waals surface area contributed by atoms with Gasteiger partial charge in [-0.3, -0.25) is 0 Å². The molecule has 0 saturated heterocycles. The molecular weight excluding hydrogens is 445 g/mol. The average molecular weight is 466 g/mol. The number of fused-ring (bicyclic) bond motifs is 1. The second-order valence-electron chi connectivity index (χ2n) is 7.25. The molecule has 10 heteroatoms. The van der Waals surface area contributed by atoms with Crippen LogP contribution < -0.4 is 9.47 Å². The van der Waals surface area contributed by atoms with Crippen molar-refractivity contribution in [3.05, 3.63) is 77.6 Å². The van der Waals surface area contributed by atoms with Crippen molar-refractivity contribution in [2.45, 2.75) is 23.7 Å². The van der Waals surface area contributed by atoms with Crippen LogP contribution in [0.2, 0.25) is 0 Å². The molecule has 2 aromatic carbocycles. The molecule has 170 valence electrons. The second kappa shape index (κ2) is 8.18. The third-order valence-corrected chi connectivity index (χ3v) is 7.42. The van der Waals surface area contributed by atoms with Crippen LogP contribution in [0.4, 0.5) is 13.2 Å². The van der Waals surface area contributed by atoms with Crippen LogP contribution in [0, 0.1) is 0 Å². The molecule has 3 aromatic rings. The molecule has 32 heavy (non-hydrogen) atoms. The zero-order valence-electron chi connectivity index (χ0n) is 17.3.